The first-order valence-corrected chi connectivity index (χ1v) is 8.96. The summed E-state index contributed by atoms with van der Waals surface area (Å²) in [5, 5.41) is 14.8. The van der Waals surface area contributed by atoms with Gasteiger partial charge in [0.2, 0.25) is 0 Å². The monoisotopic (exact) mass is 361 g/mol. The number of amides is 1. The van der Waals surface area contributed by atoms with Crippen molar-refractivity contribution in [1.29, 1.82) is 0 Å². The standard InChI is InChI=1S/C18H23N3O5/c19-18(23)17(14-9-8-11-4-1-2-6-13(11)20-14)26-15-7-3-5-12(10-22)16(15)21(24)25/h3,5,7,10-11,13-14,17,20H,1-2,4,6,8-9H2,(H2,19,23). The molecular weight excluding hydrogens is 338 g/mol. The molecule has 2 aliphatic rings. The van der Waals surface area contributed by atoms with Gasteiger partial charge in [0.25, 0.3) is 5.91 Å². The molecule has 26 heavy (non-hydrogen) atoms. The number of fused-ring (bicyclic) bond motifs is 1. The summed E-state index contributed by atoms with van der Waals surface area (Å²) in [4.78, 5) is 33.8. The molecule has 1 aliphatic heterocycles. The Kier molecular flexibility index (Phi) is 5.51. The third-order valence-corrected chi connectivity index (χ3v) is 5.43. The average Bonchev–Trinajstić information content (AvgIpc) is 2.64. The Morgan fingerprint density at radius 2 is 2.08 bits per heavy atom. The average molecular weight is 361 g/mol. The van der Waals surface area contributed by atoms with E-state index in [-0.39, 0.29) is 17.4 Å². The minimum absolute atomic E-state index is 0.0975. The molecule has 1 aromatic rings. The van der Waals surface area contributed by atoms with Crippen molar-refractivity contribution in [2.75, 3.05) is 0 Å². The van der Waals surface area contributed by atoms with Crippen molar-refractivity contribution in [3.63, 3.8) is 0 Å². The number of aldehydes is 1. The second kappa shape index (κ2) is 7.82. The summed E-state index contributed by atoms with van der Waals surface area (Å²) >= 11 is 0. The highest BCUT2D eigenvalue weighted by molar-refractivity contribution is 5.84. The SMILES string of the molecule is NC(=O)C(Oc1cccc(C=O)c1[N+](=O)[O-])C1CCC2CCCCC2N1. The Balaban J connectivity index is 1.83. The summed E-state index contributed by atoms with van der Waals surface area (Å²) < 4.78 is 5.69. The van der Waals surface area contributed by atoms with Crippen LogP contribution < -0.4 is 15.8 Å². The van der Waals surface area contributed by atoms with Crippen molar-refractivity contribution in [1.82, 2.24) is 5.32 Å². The maximum atomic E-state index is 12.0. The highest BCUT2D eigenvalue weighted by Crippen LogP contribution is 2.35. The van der Waals surface area contributed by atoms with Crippen LogP contribution in [0.1, 0.15) is 48.9 Å². The molecule has 8 nitrogen and oxygen atoms in total. The van der Waals surface area contributed by atoms with Crippen molar-refractivity contribution >= 4 is 17.9 Å². The van der Waals surface area contributed by atoms with Crippen LogP contribution in [0.15, 0.2) is 18.2 Å². The van der Waals surface area contributed by atoms with Gasteiger partial charge in [-0.15, -0.1) is 0 Å². The zero-order valence-corrected chi connectivity index (χ0v) is 14.4. The summed E-state index contributed by atoms with van der Waals surface area (Å²) in [5.41, 5.74) is 4.99. The Labute approximate surface area is 151 Å². The number of nitrogens with zero attached hydrogens (tertiary/aromatic N) is 1. The molecule has 3 N–H and O–H groups in total. The Morgan fingerprint density at radius 3 is 2.77 bits per heavy atom. The molecule has 0 bridgehead atoms. The zero-order chi connectivity index (χ0) is 18.7. The van der Waals surface area contributed by atoms with Gasteiger partial charge in [0.05, 0.1) is 16.5 Å². The lowest BCUT2D eigenvalue weighted by Crippen LogP contribution is -2.58. The third kappa shape index (κ3) is 3.70. The molecule has 0 aromatic heterocycles. The number of carbonyl (C=O) groups excluding carboxylic acids is 2. The van der Waals surface area contributed by atoms with Crippen molar-refractivity contribution in [2.45, 2.75) is 56.7 Å². The number of nitrogens with one attached hydrogen (secondary N) is 1. The van der Waals surface area contributed by atoms with Gasteiger partial charge >= 0.3 is 5.69 Å². The minimum Gasteiger partial charge on any atom is -0.472 e. The number of primary amides is 1. The van der Waals surface area contributed by atoms with Gasteiger partial charge in [-0.1, -0.05) is 18.9 Å². The normalized spacial score (nSPS) is 26.4. The lowest BCUT2D eigenvalue weighted by molar-refractivity contribution is -0.386. The molecule has 3 rings (SSSR count). The summed E-state index contributed by atoms with van der Waals surface area (Å²) in [6.45, 7) is 0. The number of piperidine rings is 1. The van der Waals surface area contributed by atoms with Gasteiger partial charge in [0.15, 0.2) is 18.1 Å². The second-order valence-corrected chi connectivity index (χ2v) is 7.01. The summed E-state index contributed by atoms with van der Waals surface area (Å²) in [6.07, 6.45) is 5.67. The predicted molar refractivity (Wildman–Crippen MR) is 94.0 cm³/mol. The van der Waals surface area contributed by atoms with Gasteiger partial charge in [-0.25, -0.2) is 0 Å². The maximum Gasteiger partial charge on any atom is 0.321 e. The van der Waals surface area contributed by atoms with Crippen LogP contribution in [-0.4, -0.2) is 35.3 Å². The first kappa shape index (κ1) is 18.3. The summed E-state index contributed by atoms with van der Waals surface area (Å²) in [6, 6.07) is 4.22. The minimum atomic E-state index is -1.03. The Hall–Kier alpha value is -2.48. The van der Waals surface area contributed by atoms with Crippen molar-refractivity contribution in [3.8, 4) is 5.75 Å². The van der Waals surface area contributed by atoms with Crippen LogP contribution in [0.5, 0.6) is 5.75 Å². The number of hydrogen-bond acceptors (Lipinski definition) is 6. The van der Waals surface area contributed by atoms with Crippen LogP contribution in [0.2, 0.25) is 0 Å². The van der Waals surface area contributed by atoms with Crippen molar-refractivity contribution in [2.24, 2.45) is 11.7 Å². The first-order valence-electron chi connectivity index (χ1n) is 8.96. The fourth-order valence-corrected chi connectivity index (χ4v) is 4.16. The Bertz CT molecular complexity index is 708. The van der Waals surface area contributed by atoms with E-state index in [0.717, 1.165) is 25.7 Å². The van der Waals surface area contributed by atoms with E-state index in [1.165, 1.54) is 31.0 Å². The molecule has 0 spiro atoms. The van der Waals surface area contributed by atoms with E-state index in [0.29, 0.717) is 18.2 Å². The maximum absolute atomic E-state index is 12.0. The van der Waals surface area contributed by atoms with Crippen LogP contribution in [-0.2, 0) is 4.79 Å². The number of benzene rings is 1. The van der Waals surface area contributed by atoms with Crippen molar-refractivity contribution in [3.05, 3.63) is 33.9 Å². The van der Waals surface area contributed by atoms with E-state index in [4.69, 9.17) is 10.5 Å². The third-order valence-electron chi connectivity index (χ3n) is 5.43. The molecule has 1 saturated heterocycles. The molecular formula is C18H23N3O5. The fraction of sp³-hybridized carbons (Fsp3) is 0.556. The van der Waals surface area contributed by atoms with Gasteiger partial charge in [0, 0.05) is 6.04 Å². The molecule has 140 valence electrons. The quantitative estimate of drug-likeness (QED) is 0.453. The van der Waals surface area contributed by atoms with E-state index >= 15 is 0 Å². The number of ether oxygens (including phenoxy) is 1. The van der Waals surface area contributed by atoms with Crippen molar-refractivity contribution < 1.29 is 19.2 Å². The molecule has 4 atom stereocenters. The number of nitro benzene ring substituents is 1. The van der Waals surface area contributed by atoms with Gasteiger partial charge in [-0.05, 0) is 43.7 Å². The van der Waals surface area contributed by atoms with Crippen LogP contribution in [0.25, 0.3) is 0 Å². The van der Waals surface area contributed by atoms with E-state index in [9.17, 15) is 19.7 Å². The van der Waals surface area contributed by atoms with E-state index in [1.807, 2.05) is 0 Å². The second-order valence-electron chi connectivity index (χ2n) is 7.01. The highest BCUT2D eigenvalue weighted by Gasteiger charge is 2.39. The first-order chi connectivity index (χ1) is 12.5. The van der Waals surface area contributed by atoms with Crippen LogP contribution in [0, 0.1) is 16.0 Å². The number of nitro groups is 1. The number of carbonyl (C=O) groups is 2. The number of rotatable bonds is 6. The molecule has 0 radical (unpaired) electrons. The molecule has 1 amide bonds. The van der Waals surface area contributed by atoms with Gasteiger partial charge in [-0.2, -0.15) is 0 Å². The van der Waals surface area contributed by atoms with Gasteiger partial charge in [0.1, 0.15) is 0 Å². The lowest BCUT2D eigenvalue weighted by atomic mass is 9.77. The molecule has 2 fully saturated rings. The molecule has 8 heteroatoms. The smallest absolute Gasteiger partial charge is 0.321 e. The highest BCUT2D eigenvalue weighted by atomic mass is 16.6. The fourth-order valence-electron chi connectivity index (χ4n) is 4.16. The van der Waals surface area contributed by atoms with Crippen LogP contribution in [0.4, 0.5) is 5.69 Å². The molecule has 4 unspecified atom stereocenters. The van der Waals surface area contributed by atoms with Gasteiger partial charge in [-0.3, -0.25) is 19.7 Å². The lowest BCUT2D eigenvalue weighted by Gasteiger charge is -2.42. The van der Waals surface area contributed by atoms with Gasteiger partial charge < -0.3 is 15.8 Å². The topological polar surface area (TPSA) is 125 Å². The number of para-hydroxylation sites is 1. The summed E-state index contributed by atoms with van der Waals surface area (Å²) in [7, 11) is 0. The zero-order valence-electron chi connectivity index (χ0n) is 14.4. The Morgan fingerprint density at radius 1 is 1.31 bits per heavy atom. The van der Waals surface area contributed by atoms with Crippen LogP contribution in [0.3, 0.4) is 0 Å². The van der Waals surface area contributed by atoms with E-state index in [1.54, 1.807) is 0 Å². The van der Waals surface area contributed by atoms with E-state index < -0.39 is 22.6 Å². The van der Waals surface area contributed by atoms with Crippen LogP contribution >= 0.6 is 0 Å². The van der Waals surface area contributed by atoms with E-state index in [2.05, 4.69) is 5.32 Å². The number of nitrogens with two attached hydrogens (primary N) is 1. The number of hydrogen-bond donors (Lipinski definition) is 2. The molecule has 1 aliphatic carbocycles. The summed E-state index contributed by atoms with van der Waals surface area (Å²) in [5.74, 6) is -0.195. The molecule has 1 aromatic carbocycles. The molecule has 1 heterocycles. The largest absolute Gasteiger partial charge is 0.472 e. The molecule has 1 saturated carbocycles. The predicted octanol–water partition coefficient (Wildman–Crippen LogP) is 1.95.